The van der Waals surface area contributed by atoms with Gasteiger partial charge in [-0.15, -0.1) is 0 Å². The van der Waals surface area contributed by atoms with Gasteiger partial charge in [-0.1, -0.05) is 43.3 Å². The van der Waals surface area contributed by atoms with Crippen LogP contribution < -0.4 is 15.2 Å². The Hall–Kier alpha value is -3.69. The van der Waals surface area contributed by atoms with Gasteiger partial charge < -0.3 is 19.9 Å². The van der Waals surface area contributed by atoms with E-state index in [0.717, 1.165) is 46.1 Å². The van der Waals surface area contributed by atoms with E-state index < -0.39 is 0 Å². The zero-order valence-corrected chi connectivity index (χ0v) is 20.0. The highest BCUT2D eigenvalue weighted by molar-refractivity contribution is 5.66. The van der Waals surface area contributed by atoms with Crippen LogP contribution in [0.3, 0.4) is 0 Å². The van der Waals surface area contributed by atoms with Gasteiger partial charge in [0.05, 0.1) is 19.1 Å². The Morgan fingerprint density at radius 3 is 2.41 bits per heavy atom. The monoisotopic (exact) mass is 457 g/mol. The quantitative estimate of drug-likeness (QED) is 0.633. The normalized spacial score (nSPS) is 19.5. The van der Waals surface area contributed by atoms with Crippen molar-refractivity contribution in [2.24, 2.45) is 5.73 Å². The van der Waals surface area contributed by atoms with Crippen molar-refractivity contribution in [1.29, 1.82) is 5.26 Å². The van der Waals surface area contributed by atoms with E-state index in [1.54, 1.807) is 0 Å². The summed E-state index contributed by atoms with van der Waals surface area (Å²) in [6.07, 6.45) is 2.11. The maximum atomic E-state index is 10.0. The molecule has 0 saturated carbocycles. The Morgan fingerprint density at radius 2 is 1.71 bits per heavy atom. The van der Waals surface area contributed by atoms with Crippen LogP contribution >= 0.6 is 0 Å². The fraction of sp³-hybridized carbons (Fsp3) is 0.321. The van der Waals surface area contributed by atoms with E-state index in [0.29, 0.717) is 31.9 Å². The lowest BCUT2D eigenvalue weighted by Gasteiger charge is -2.38. The minimum Gasteiger partial charge on any atom is -0.494 e. The van der Waals surface area contributed by atoms with Gasteiger partial charge in [0.1, 0.15) is 28.9 Å². The Bertz CT molecular complexity index is 1190. The Labute approximate surface area is 201 Å². The third-order valence-corrected chi connectivity index (χ3v) is 6.13. The number of hydrogen-bond donors (Lipinski definition) is 1. The van der Waals surface area contributed by atoms with Crippen LogP contribution in [0.25, 0.3) is 6.08 Å². The van der Waals surface area contributed by atoms with Crippen molar-refractivity contribution in [2.75, 3.05) is 32.8 Å². The second kappa shape index (κ2) is 10.5. The van der Waals surface area contributed by atoms with Gasteiger partial charge in [-0.3, -0.25) is 4.90 Å². The summed E-state index contributed by atoms with van der Waals surface area (Å²) in [6.45, 7) is 9.45. The molecule has 0 spiro atoms. The molecule has 6 heteroatoms. The van der Waals surface area contributed by atoms with Gasteiger partial charge in [0.25, 0.3) is 0 Å². The Kier molecular flexibility index (Phi) is 7.24. The van der Waals surface area contributed by atoms with Crippen LogP contribution in [0.1, 0.15) is 37.8 Å². The lowest BCUT2D eigenvalue weighted by atomic mass is 9.79. The molecule has 34 heavy (non-hydrogen) atoms. The van der Waals surface area contributed by atoms with Gasteiger partial charge in [0.15, 0.2) is 0 Å². The minimum absolute atomic E-state index is 0.145. The zero-order valence-electron chi connectivity index (χ0n) is 20.0. The molecule has 0 bridgehead atoms. The van der Waals surface area contributed by atoms with Crippen molar-refractivity contribution >= 4 is 6.08 Å². The number of ether oxygens (including phenoxy) is 3. The predicted octanol–water partition coefficient (Wildman–Crippen LogP) is 4.96. The van der Waals surface area contributed by atoms with Crippen molar-refractivity contribution in [3.8, 4) is 17.6 Å². The summed E-state index contributed by atoms with van der Waals surface area (Å²) in [7, 11) is 0. The predicted molar refractivity (Wildman–Crippen MR) is 133 cm³/mol. The molecule has 176 valence electrons. The van der Waals surface area contributed by atoms with Crippen LogP contribution in [0.2, 0.25) is 0 Å². The van der Waals surface area contributed by atoms with Crippen molar-refractivity contribution in [3.63, 3.8) is 0 Å². The highest BCUT2D eigenvalue weighted by Crippen LogP contribution is 2.46. The largest absolute Gasteiger partial charge is 0.494 e. The van der Waals surface area contributed by atoms with Gasteiger partial charge in [-0.2, -0.15) is 5.26 Å². The molecule has 2 aliphatic heterocycles. The molecule has 2 aliphatic rings. The van der Waals surface area contributed by atoms with Gasteiger partial charge in [-0.25, -0.2) is 0 Å². The van der Waals surface area contributed by atoms with Crippen molar-refractivity contribution in [3.05, 3.63) is 88.0 Å². The minimum atomic E-state index is -0.337. The Morgan fingerprint density at radius 1 is 1.03 bits per heavy atom. The summed E-state index contributed by atoms with van der Waals surface area (Å²) in [5, 5.41) is 10.0. The van der Waals surface area contributed by atoms with Crippen LogP contribution in [0.4, 0.5) is 0 Å². The van der Waals surface area contributed by atoms with E-state index in [4.69, 9.17) is 19.9 Å². The molecule has 2 aromatic carbocycles. The molecular formula is C28H31N3O3. The molecule has 1 unspecified atom stereocenters. The number of likely N-dealkylation sites (N-methyl/N-ethyl adjacent to an activating group) is 1. The van der Waals surface area contributed by atoms with E-state index >= 15 is 0 Å². The fourth-order valence-corrected chi connectivity index (χ4v) is 4.60. The van der Waals surface area contributed by atoms with Gasteiger partial charge in [0, 0.05) is 29.8 Å². The van der Waals surface area contributed by atoms with Gasteiger partial charge in [0.2, 0.25) is 5.88 Å². The van der Waals surface area contributed by atoms with Crippen LogP contribution in [0.15, 0.2) is 76.9 Å². The van der Waals surface area contributed by atoms with E-state index in [1.807, 2.05) is 62.4 Å². The summed E-state index contributed by atoms with van der Waals surface area (Å²) in [6, 6.07) is 18.1. The second-order valence-corrected chi connectivity index (χ2v) is 8.19. The topological polar surface area (TPSA) is 80.7 Å². The SMILES string of the molecule is CCOc1ccccc1/C=C1\CN(CC)CC2=C1OC(N)=C(C#N)C2c1ccccc1OCC. The molecule has 0 fully saturated rings. The van der Waals surface area contributed by atoms with Gasteiger partial charge >= 0.3 is 0 Å². The van der Waals surface area contributed by atoms with Crippen molar-refractivity contribution in [1.82, 2.24) is 4.90 Å². The number of nitriles is 1. The van der Waals surface area contributed by atoms with Crippen LogP contribution in [-0.2, 0) is 4.74 Å². The molecule has 1 atom stereocenters. The molecule has 2 aromatic rings. The average Bonchev–Trinajstić information content (AvgIpc) is 2.85. The highest BCUT2D eigenvalue weighted by Gasteiger charge is 2.38. The lowest BCUT2D eigenvalue weighted by Crippen LogP contribution is -2.38. The molecule has 2 N–H and O–H groups in total. The molecule has 2 heterocycles. The summed E-state index contributed by atoms with van der Waals surface area (Å²) in [5.41, 5.74) is 10.7. The van der Waals surface area contributed by atoms with Crippen molar-refractivity contribution in [2.45, 2.75) is 26.7 Å². The van der Waals surface area contributed by atoms with Crippen LogP contribution in [0.5, 0.6) is 11.5 Å². The fourth-order valence-electron chi connectivity index (χ4n) is 4.60. The van der Waals surface area contributed by atoms with Crippen LogP contribution in [0, 0.1) is 11.3 Å². The first-order chi connectivity index (χ1) is 16.6. The van der Waals surface area contributed by atoms with E-state index in [1.165, 1.54) is 0 Å². The summed E-state index contributed by atoms with van der Waals surface area (Å²) in [4.78, 5) is 2.34. The maximum Gasteiger partial charge on any atom is 0.205 e. The first kappa shape index (κ1) is 23.5. The molecule has 0 aromatic heterocycles. The standard InChI is InChI=1S/C28H31N3O3/c1-4-31-17-20(15-19-11-7-9-13-24(19)32-5-2)27-23(18-31)26(22(16-29)28(30)34-27)21-12-8-10-14-25(21)33-6-3/h7-15,26H,4-6,17-18,30H2,1-3H3/b20-15+. The maximum absolute atomic E-state index is 10.0. The molecule has 0 radical (unpaired) electrons. The first-order valence-electron chi connectivity index (χ1n) is 11.8. The highest BCUT2D eigenvalue weighted by atomic mass is 16.5. The van der Waals surface area contributed by atoms with E-state index in [9.17, 15) is 5.26 Å². The number of hydrogen-bond acceptors (Lipinski definition) is 6. The number of allylic oxidation sites excluding steroid dienone is 1. The lowest BCUT2D eigenvalue weighted by molar-refractivity contribution is 0.238. The summed E-state index contributed by atoms with van der Waals surface area (Å²) < 4.78 is 17.9. The van der Waals surface area contributed by atoms with Crippen LogP contribution in [-0.4, -0.2) is 37.7 Å². The molecule has 4 rings (SSSR count). The smallest absolute Gasteiger partial charge is 0.205 e. The number of rotatable bonds is 7. The van der Waals surface area contributed by atoms with Crippen molar-refractivity contribution < 1.29 is 14.2 Å². The number of nitrogens with two attached hydrogens (primary N) is 1. The molecule has 0 saturated heterocycles. The molecule has 6 nitrogen and oxygen atoms in total. The third-order valence-electron chi connectivity index (χ3n) is 6.13. The second-order valence-electron chi connectivity index (χ2n) is 8.19. The van der Waals surface area contributed by atoms with E-state index in [2.05, 4.69) is 24.0 Å². The number of nitrogens with zero attached hydrogens (tertiary/aromatic N) is 2. The zero-order chi connectivity index (χ0) is 24.1. The summed E-state index contributed by atoms with van der Waals surface area (Å²) >= 11 is 0. The first-order valence-corrected chi connectivity index (χ1v) is 11.8. The number of para-hydroxylation sites is 2. The molecule has 0 amide bonds. The molecule has 0 aliphatic carbocycles. The summed E-state index contributed by atoms with van der Waals surface area (Å²) in [5.74, 6) is 2.13. The van der Waals surface area contributed by atoms with Gasteiger partial charge in [-0.05, 0) is 44.2 Å². The number of benzene rings is 2. The van der Waals surface area contributed by atoms with E-state index in [-0.39, 0.29) is 11.8 Å². The Balaban J connectivity index is 1.90. The molecular weight excluding hydrogens is 426 g/mol. The average molecular weight is 458 g/mol. The third kappa shape index (κ3) is 4.52.